The van der Waals surface area contributed by atoms with E-state index >= 15 is 0 Å². The van der Waals surface area contributed by atoms with Crippen LogP contribution in [-0.2, 0) is 15.4 Å². The fourth-order valence-corrected chi connectivity index (χ4v) is 4.07. The van der Waals surface area contributed by atoms with Gasteiger partial charge >= 0.3 is 0 Å². The van der Waals surface area contributed by atoms with Crippen LogP contribution in [0.4, 0.5) is 0 Å². The average Bonchev–Trinajstić information content (AvgIpc) is 3.37. The first-order chi connectivity index (χ1) is 11.4. The molecule has 2 aromatic rings. The number of rotatable bonds is 6. The van der Waals surface area contributed by atoms with Crippen LogP contribution in [0.15, 0.2) is 47.4 Å². The number of methoxy groups -OCH3 is 1. The number of nitrogens with one attached hydrogen (secondary N) is 1. The molecule has 24 heavy (non-hydrogen) atoms. The molecule has 0 heterocycles. The quantitative estimate of drug-likeness (QED) is 0.874. The van der Waals surface area contributed by atoms with E-state index in [2.05, 4.69) is 4.72 Å². The van der Waals surface area contributed by atoms with E-state index in [1.165, 1.54) is 0 Å². The van der Waals surface area contributed by atoms with E-state index < -0.39 is 10.0 Å². The molecule has 0 aliphatic heterocycles. The lowest BCUT2D eigenvalue weighted by Gasteiger charge is -2.17. The highest BCUT2D eigenvalue weighted by molar-refractivity contribution is 7.89. The number of aryl methyl sites for hydroxylation is 2. The van der Waals surface area contributed by atoms with Crippen molar-refractivity contribution in [2.75, 3.05) is 13.7 Å². The van der Waals surface area contributed by atoms with Crippen molar-refractivity contribution in [1.82, 2.24) is 4.72 Å². The van der Waals surface area contributed by atoms with Crippen LogP contribution in [0.3, 0.4) is 0 Å². The fraction of sp³-hybridized carbons (Fsp3) is 0.368. The van der Waals surface area contributed by atoms with Gasteiger partial charge in [0.05, 0.1) is 12.0 Å². The van der Waals surface area contributed by atoms with Crippen LogP contribution in [-0.4, -0.2) is 22.1 Å². The van der Waals surface area contributed by atoms with Crippen molar-refractivity contribution in [2.24, 2.45) is 0 Å². The van der Waals surface area contributed by atoms with Crippen LogP contribution in [0, 0.1) is 13.8 Å². The van der Waals surface area contributed by atoms with Gasteiger partial charge in [-0.15, -0.1) is 0 Å². The molecule has 1 fully saturated rings. The summed E-state index contributed by atoms with van der Waals surface area (Å²) in [5, 5.41) is 0. The third kappa shape index (κ3) is 3.32. The average molecular weight is 345 g/mol. The van der Waals surface area contributed by atoms with Crippen LogP contribution in [0.5, 0.6) is 5.75 Å². The van der Waals surface area contributed by atoms with Gasteiger partial charge in [-0.3, -0.25) is 0 Å². The Labute approximate surface area is 143 Å². The number of sulfonamides is 1. The molecule has 1 N–H and O–H groups in total. The van der Waals surface area contributed by atoms with Crippen LogP contribution in [0.25, 0.3) is 0 Å². The first-order valence-electron chi connectivity index (χ1n) is 8.08. The number of hydrogen-bond acceptors (Lipinski definition) is 3. The molecule has 2 aromatic carbocycles. The van der Waals surface area contributed by atoms with Gasteiger partial charge in [0.2, 0.25) is 10.0 Å². The van der Waals surface area contributed by atoms with Crippen molar-refractivity contribution in [3.63, 3.8) is 0 Å². The van der Waals surface area contributed by atoms with Crippen molar-refractivity contribution >= 4 is 10.0 Å². The van der Waals surface area contributed by atoms with Gasteiger partial charge in [0.25, 0.3) is 0 Å². The molecule has 0 atom stereocenters. The highest BCUT2D eigenvalue weighted by Crippen LogP contribution is 2.48. The Hall–Kier alpha value is -1.85. The summed E-state index contributed by atoms with van der Waals surface area (Å²) in [6.07, 6.45) is 1.99. The van der Waals surface area contributed by atoms with E-state index in [4.69, 9.17) is 4.74 Å². The lowest BCUT2D eigenvalue weighted by molar-refractivity contribution is 0.414. The second-order valence-electron chi connectivity index (χ2n) is 6.58. The minimum absolute atomic E-state index is 0.0842. The van der Waals surface area contributed by atoms with E-state index in [0.717, 1.165) is 35.3 Å². The van der Waals surface area contributed by atoms with Crippen LogP contribution in [0.1, 0.15) is 29.5 Å². The molecule has 4 nitrogen and oxygen atoms in total. The van der Waals surface area contributed by atoms with Gasteiger partial charge in [-0.2, -0.15) is 0 Å². The normalized spacial score (nSPS) is 16.0. The largest absolute Gasteiger partial charge is 0.497 e. The zero-order valence-corrected chi connectivity index (χ0v) is 15.1. The molecule has 128 valence electrons. The van der Waals surface area contributed by atoms with Crippen LogP contribution in [0.2, 0.25) is 0 Å². The van der Waals surface area contributed by atoms with Crippen molar-refractivity contribution < 1.29 is 13.2 Å². The summed E-state index contributed by atoms with van der Waals surface area (Å²) in [6, 6.07) is 13.1. The summed E-state index contributed by atoms with van der Waals surface area (Å²) in [4.78, 5) is 0.330. The molecule has 0 unspecified atom stereocenters. The van der Waals surface area contributed by atoms with E-state index in [1.807, 2.05) is 44.2 Å². The summed E-state index contributed by atoms with van der Waals surface area (Å²) in [5.41, 5.74) is 3.14. The number of ether oxygens (including phenoxy) is 1. The predicted molar refractivity (Wildman–Crippen MR) is 95.0 cm³/mol. The summed E-state index contributed by atoms with van der Waals surface area (Å²) < 4.78 is 33.1. The van der Waals surface area contributed by atoms with Crippen LogP contribution >= 0.6 is 0 Å². The Morgan fingerprint density at radius 2 is 1.71 bits per heavy atom. The summed E-state index contributed by atoms with van der Waals surface area (Å²) in [7, 11) is -1.85. The maximum Gasteiger partial charge on any atom is 0.240 e. The highest BCUT2D eigenvalue weighted by atomic mass is 32.2. The number of benzene rings is 2. The van der Waals surface area contributed by atoms with Gasteiger partial charge in [-0.25, -0.2) is 13.1 Å². The van der Waals surface area contributed by atoms with Gasteiger partial charge in [-0.1, -0.05) is 18.2 Å². The zero-order chi connectivity index (χ0) is 17.4. The van der Waals surface area contributed by atoms with Crippen molar-refractivity contribution in [3.8, 4) is 5.75 Å². The van der Waals surface area contributed by atoms with Crippen molar-refractivity contribution in [2.45, 2.75) is 37.0 Å². The zero-order valence-electron chi connectivity index (χ0n) is 14.3. The molecule has 0 spiro atoms. The van der Waals surface area contributed by atoms with E-state index in [-0.39, 0.29) is 5.41 Å². The molecule has 3 rings (SSSR count). The molecule has 0 bridgehead atoms. The van der Waals surface area contributed by atoms with Crippen LogP contribution < -0.4 is 9.46 Å². The Balaban J connectivity index is 1.75. The maximum absolute atomic E-state index is 12.6. The maximum atomic E-state index is 12.6. The Bertz CT molecular complexity index is 837. The Morgan fingerprint density at radius 1 is 1.04 bits per heavy atom. The topological polar surface area (TPSA) is 55.4 Å². The summed E-state index contributed by atoms with van der Waals surface area (Å²) >= 11 is 0. The van der Waals surface area contributed by atoms with E-state index in [1.54, 1.807) is 19.2 Å². The Morgan fingerprint density at radius 3 is 2.25 bits per heavy atom. The first-order valence-corrected chi connectivity index (χ1v) is 9.56. The van der Waals surface area contributed by atoms with E-state index in [0.29, 0.717) is 11.4 Å². The lowest BCUT2D eigenvalue weighted by Crippen LogP contribution is -2.32. The summed E-state index contributed by atoms with van der Waals surface area (Å²) in [6.45, 7) is 4.32. The van der Waals surface area contributed by atoms with Gasteiger partial charge in [0.1, 0.15) is 5.75 Å². The molecule has 0 aromatic heterocycles. The van der Waals surface area contributed by atoms with Gasteiger partial charge in [-0.05, 0) is 67.6 Å². The molecule has 1 aliphatic rings. The fourth-order valence-electron chi connectivity index (χ4n) is 2.86. The highest BCUT2D eigenvalue weighted by Gasteiger charge is 2.44. The molecule has 5 heteroatoms. The number of hydrogen-bond donors (Lipinski definition) is 1. The first kappa shape index (κ1) is 17.0. The minimum Gasteiger partial charge on any atom is -0.497 e. The molecular formula is C19H23NO3S. The van der Waals surface area contributed by atoms with Gasteiger partial charge in [0.15, 0.2) is 0 Å². The lowest BCUT2D eigenvalue weighted by atomic mass is 9.96. The molecule has 0 saturated heterocycles. The van der Waals surface area contributed by atoms with Crippen molar-refractivity contribution in [3.05, 3.63) is 59.2 Å². The monoisotopic (exact) mass is 345 g/mol. The Kier molecular flexibility index (Phi) is 4.40. The smallest absolute Gasteiger partial charge is 0.240 e. The minimum atomic E-state index is -3.49. The third-order valence-corrected chi connectivity index (χ3v) is 6.34. The predicted octanol–water partition coefficient (Wildman–Crippen LogP) is 3.32. The second kappa shape index (κ2) is 6.22. The molecule has 1 saturated carbocycles. The third-order valence-electron chi connectivity index (χ3n) is 4.95. The standard InChI is InChI=1S/C19H23NO3S/c1-14-4-9-18(12-15(14)2)24(21,22)20-13-19(10-11-19)16-5-7-17(23-3)8-6-16/h4-9,12,20H,10-11,13H2,1-3H3. The molecule has 0 amide bonds. The second-order valence-corrected chi connectivity index (χ2v) is 8.35. The van der Waals surface area contributed by atoms with E-state index in [9.17, 15) is 8.42 Å². The van der Waals surface area contributed by atoms with Crippen molar-refractivity contribution in [1.29, 1.82) is 0 Å². The SMILES string of the molecule is COc1ccc(C2(CNS(=O)(=O)c3ccc(C)c(C)c3)CC2)cc1. The summed E-state index contributed by atoms with van der Waals surface area (Å²) in [5.74, 6) is 0.810. The molecule has 1 aliphatic carbocycles. The molecular weight excluding hydrogens is 322 g/mol. The molecule has 0 radical (unpaired) electrons. The van der Waals surface area contributed by atoms with Gasteiger partial charge in [0, 0.05) is 12.0 Å². The van der Waals surface area contributed by atoms with Gasteiger partial charge < -0.3 is 4.74 Å².